The Kier molecular flexibility index (Phi) is 6.18. The van der Waals surface area contributed by atoms with Crippen LogP contribution in [-0.2, 0) is 4.79 Å². The normalized spacial score (nSPS) is 11.5. The van der Waals surface area contributed by atoms with E-state index in [0.29, 0.717) is 18.0 Å². The lowest BCUT2D eigenvalue weighted by molar-refractivity contribution is -0.111. The Bertz CT molecular complexity index is 1250. The minimum atomic E-state index is -0.228. The molecule has 6 heteroatoms. The van der Waals surface area contributed by atoms with Crippen molar-refractivity contribution in [3.05, 3.63) is 83.3 Å². The van der Waals surface area contributed by atoms with Crippen LogP contribution in [-0.4, -0.2) is 17.5 Å². The molecule has 5 nitrogen and oxygen atoms in total. The van der Waals surface area contributed by atoms with Gasteiger partial charge in [0, 0.05) is 39.3 Å². The SMILES string of the molecule is CCOc1cc2occ(-c3ccc(Br)cc3)c2cc1/C(C)=C/C(=O)Nc1cccnc1. The lowest BCUT2D eigenvalue weighted by atomic mass is 9.99. The van der Waals surface area contributed by atoms with Gasteiger partial charge < -0.3 is 14.5 Å². The summed E-state index contributed by atoms with van der Waals surface area (Å²) in [6, 6.07) is 15.5. The van der Waals surface area contributed by atoms with Crippen molar-refractivity contribution in [3.63, 3.8) is 0 Å². The quantitative estimate of drug-likeness (QED) is 0.314. The number of ether oxygens (including phenoxy) is 1. The molecule has 0 radical (unpaired) electrons. The average Bonchev–Trinajstić information content (AvgIpc) is 3.17. The predicted octanol–water partition coefficient (Wildman–Crippen LogP) is 6.70. The molecule has 2 aromatic heterocycles. The summed E-state index contributed by atoms with van der Waals surface area (Å²) in [5, 5.41) is 3.79. The van der Waals surface area contributed by atoms with Crippen LogP contribution in [0.1, 0.15) is 19.4 Å². The first-order chi connectivity index (χ1) is 15.0. The Labute approximate surface area is 188 Å². The first-order valence-electron chi connectivity index (χ1n) is 9.89. The third-order valence-electron chi connectivity index (χ3n) is 4.83. The lowest BCUT2D eigenvalue weighted by Gasteiger charge is -2.12. The summed E-state index contributed by atoms with van der Waals surface area (Å²) in [5.74, 6) is 0.447. The molecule has 4 rings (SSSR count). The van der Waals surface area contributed by atoms with E-state index in [0.717, 1.165) is 37.7 Å². The van der Waals surface area contributed by atoms with Gasteiger partial charge >= 0.3 is 0 Å². The average molecular weight is 477 g/mol. The number of carbonyl (C=O) groups excluding carboxylic acids is 1. The second kappa shape index (κ2) is 9.18. The largest absolute Gasteiger partial charge is 0.493 e. The van der Waals surface area contributed by atoms with Crippen LogP contribution in [0.2, 0.25) is 0 Å². The van der Waals surface area contributed by atoms with Crippen LogP contribution >= 0.6 is 15.9 Å². The van der Waals surface area contributed by atoms with Crippen LogP contribution in [0.3, 0.4) is 0 Å². The second-order valence-electron chi connectivity index (χ2n) is 6.99. The summed E-state index contributed by atoms with van der Waals surface area (Å²) >= 11 is 3.47. The number of benzene rings is 2. The van der Waals surface area contributed by atoms with E-state index in [4.69, 9.17) is 9.15 Å². The van der Waals surface area contributed by atoms with Crippen molar-refractivity contribution in [1.82, 2.24) is 4.98 Å². The first kappa shape index (κ1) is 20.9. The summed E-state index contributed by atoms with van der Waals surface area (Å²) < 4.78 is 12.7. The molecule has 4 aromatic rings. The van der Waals surface area contributed by atoms with Crippen molar-refractivity contribution in [3.8, 4) is 16.9 Å². The number of anilines is 1. The number of amides is 1. The van der Waals surface area contributed by atoms with Gasteiger partial charge in [0.15, 0.2) is 0 Å². The van der Waals surface area contributed by atoms with E-state index in [2.05, 4.69) is 26.2 Å². The van der Waals surface area contributed by atoms with Gasteiger partial charge in [0.25, 0.3) is 0 Å². The zero-order valence-corrected chi connectivity index (χ0v) is 18.8. The highest BCUT2D eigenvalue weighted by Gasteiger charge is 2.15. The molecule has 0 bridgehead atoms. The summed E-state index contributed by atoms with van der Waals surface area (Å²) in [5.41, 5.74) is 5.04. The number of nitrogens with one attached hydrogen (secondary N) is 1. The van der Waals surface area contributed by atoms with Crippen molar-refractivity contribution in [2.45, 2.75) is 13.8 Å². The summed E-state index contributed by atoms with van der Waals surface area (Å²) in [7, 11) is 0. The van der Waals surface area contributed by atoms with Crippen molar-refractivity contribution in [2.24, 2.45) is 0 Å². The highest BCUT2D eigenvalue weighted by Crippen LogP contribution is 2.37. The highest BCUT2D eigenvalue weighted by atomic mass is 79.9. The number of hydrogen-bond donors (Lipinski definition) is 1. The first-order valence-corrected chi connectivity index (χ1v) is 10.7. The Morgan fingerprint density at radius 3 is 2.74 bits per heavy atom. The number of allylic oxidation sites excluding steroid dienone is 1. The van der Waals surface area contributed by atoms with Crippen molar-refractivity contribution in [2.75, 3.05) is 11.9 Å². The molecule has 156 valence electrons. The molecule has 0 aliphatic heterocycles. The molecule has 0 aliphatic carbocycles. The van der Waals surface area contributed by atoms with Gasteiger partial charge in [-0.15, -0.1) is 0 Å². The Morgan fingerprint density at radius 2 is 2.03 bits per heavy atom. The van der Waals surface area contributed by atoms with E-state index in [1.807, 2.05) is 50.2 Å². The number of furan rings is 1. The Balaban J connectivity index is 1.74. The highest BCUT2D eigenvalue weighted by molar-refractivity contribution is 9.10. The molecule has 0 unspecified atom stereocenters. The third-order valence-corrected chi connectivity index (χ3v) is 5.36. The molecule has 0 fully saturated rings. The summed E-state index contributed by atoms with van der Waals surface area (Å²) in [6.07, 6.45) is 6.58. The van der Waals surface area contributed by atoms with Gasteiger partial charge in [-0.1, -0.05) is 28.1 Å². The van der Waals surface area contributed by atoms with E-state index in [1.165, 1.54) is 0 Å². The number of aromatic nitrogens is 1. The van der Waals surface area contributed by atoms with E-state index in [9.17, 15) is 4.79 Å². The van der Waals surface area contributed by atoms with Crippen LogP contribution in [0.5, 0.6) is 5.75 Å². The van der Waals surface area contributed by atoms with Crippen LogP contribution in [0.25, 0.3) is 27.7 Å². The van der Waals surface area contributed by atoms with Gasteiger partial charge in [0.2, 0.25) is 5.91 Å². The van der Waals surface area contributed by atoms with E-state index in [-0.39, 0.29) is 5.91 Å². The van der Waals surface area contributed by atoms with Gasteiger partial charge in [0.05, 0.1) is 24.8 Å². The number of carbonyl (C=O) groups is 1. The lowest BCUT2D eigenvalue weighted by Crippen LogP contribution is -2.08. The zero-order chi connectivity index (χ0) is 21.8. The van der Waals surface area contributed by atoms with Gasteiger partial charge in [0.1, 0.15) is 11.3 Å². The topological polar surface area (TPSA) is 64.4 Å². The molecular weight excluding hydrogens is 456 g/mol. The second-order valence-corrected chi connectivity index (χ2v) is 7.91. The fourth-order valence-corrected chi connectivity index (χ4v) is 3.64. The van der Waals surface area contributed by atoms with E-state index < -0.39 is 0 Å². The standard InChI is InChI=1S/C25H21BrN2O3/c1-3-30-23-13-24-21(22(15-31-24)17-6-8-18(26)9-7-17)12-20(23)16(2)11-25(29)28-19-5-4-10-27-14-19/h4-15H,3H2,1-2H3,(H,28,29)/b16-11+. The van der Waals surface area contributed by atoms with Gasteiger partial charge in [-0.3, -0.25) is 9.78 Å². The van der Waals surface area contributed by atoms with Crippen LogP contribution in [0.4, 0.5) is 5.69 Å². The zero-order valence-electron chi connectivity index (χ0n) is 17.2. The maximum atomic E-state index is 12.5. The molecule has 1 N–H and O–H groups in total. The Morgan fingerprint density at radius 1 is 1.23 bits per heavy atom. The third kappa shape index (κ3) is 4.70. The number of pyridine rings is 1. The van der Waals surface area contributed by atoms with Crippen LogP contribution in [0, 0.1) is 0 Å². The van der Waals surface area contributed by atoms with E-state index in [1.54, 1.807) is 36.9 Å². The number of hydrogen-bond acceptors (Lipinski definition) is 4. The van der Waals surface area contributed by atoms with Crippen molar-refractivity contribution >= 4 is 44.1 Å². The molecule has 1 amide bonds. The maximum absolute atomic E-state index is 12.5. The number of halogens is 1. The smallest absolute Gasteiger partial charge is 0.248 e. The van der Waals surface area contributed by atoms with Gasteiger partial charge in [-0.05, 0) is 55.3 Å². The fourth-order valence-electron chi connectivity index (χ4n) is 3.38. The van der Waals surface area contributed by atoms with E-state index >= 15 is 0 Å². The molecule has 0 saturated carbocycles. The number of rotatable bonds is 6. The number of fused-ring (bicyclic) bond motifs is 1. The summed E-state index contributed by atoms with van der Waals surface area (Å²) in [4.78, 5) is 16.5. The Hall–Kier alpha value is -3.38. The molecule has 0 atom stereocenters. The van der Waals surface area contributed by atoms with Gasteiger partial charge in [-0.2, -0.15) is 0 Å². The fraction of sp³-hybridized carbons (Fsp3) is 0.120. The molecule has 2 aromatic carbocycles. The molecule has 0 saturated heterocycles. The van der Waals surface area contributed by atoms with Crippen LogP contribution < -0.4 is 10.1 Å². The molecular formula is C25H21BrN2O3. The monoisotopic (exact) mass is 476 g/mol. The molecule has 2 heterocycles. The minimum Gasteiger partial charge on any atom is -0.493 e. The molecule has 0 aliphatic rings. The molecule has 0 spiro atoms. The van der Waals surface area contributed by atoms with Gasteiger partial charge in [-0.25, -0.2) is 0 Å². The van der Waals surface area contributed by atoms with Crippen LogP contribution in [0.15, 0.2) is 82.2 Å². The summed E-state index contributed by atoms with van der Waals surface area (Å²) in [6.45, 7) is 4.33. The van der Waals surface area contributed by atoms with Crippen molar-refractivity contribution in [1.29, 1.82) is 0 Å². The number of nitrogens with zero attached hydrogens (tertiary/aromatic N) is 1. The molecule has 31 heavy (non-hydrogen) atoms. The predicted molar refractivity (Wildman–Crippen MR) is 127 cm³/mol. The van der Waals surface area contributed by atoms with Crippen molar-refractivity contribution < 1.29 is 13.9 Å². The minimum absolute atomic E-state index is 0.228. The maximum Gasteiger partial charge on any atom is 0.248 e.